The van der Waals surface area contributed by atoms with Gasteiger partial charge in [-0.3, -0.25) is 4.98 Å². The highest BCUT2D eigenvalue weighted by atomic mass is 19.4. The summed E-state index contributed by atoms with van der Waals surface area (Å²) < 4.78 is 44.0. The van der Waals surface area contributed by atoms with Crippen molar-refractivity contribution in [3.8, 4) is 0 Å². The third kappa shape index (κ3) is 3.93. The molecule has 1 fully saturated rings. The predicted octanol–water partition coefficient (Wildman–Crippen LogP) is 3.48. The number of aromatic nitrogens is 1. The van der Waals surface area contributed by atoms with Gasteiger partial charge in [-0.25, -0.2) is 0 Å². The molecule has 1 aromatic heterocycles. The minimum Gasteiger partial charge on any atom is -0.388 e. The van der Waals surface area contributed by atoms with E-state index in [2.05, 4.69) is 4.98 Å². The smallest absolute Gasteiger partial charge is 0.388 e. The van der Waals surface area contributed by atoms with Crippen LogP contribution in [0.25, 0.3) is 0 Å². The Labute approximate surface area is 115 Å². The molecule has 2 atom stereocenters. The van der Waals surface area contributed by atoms with Crippen molar-refractivity contribution in [1.29, 1.82) is 0 Å². The van der Waals surface area contributed by atoms with Crippen LogP contribution in [0.1, 0.15) is 49.3 Å². The summed E-state index contributed by atoms with van der Waals surface area (Å²) in [5.41, 5.74) is -0.972. The van der Waals surface area contributed by atoms with Crippen LogP contribution in [0.4, 0.5) is 13.2 Å². The van der Waals surface area contributed by atoms with Crippen molar-refractivity contribution in [2.75, 3.05) is 6.61 Å². The molecule has 0 aliphatic carbocycles. The standard InChI is InChI=1S/C14H18F3NO2/c15-14(16,17)12-6-7-18-9-11(12)13(19)5-4-10-3-1-2-8-20-10/h6-7,9-10,13,19H,1-5,8H2. The second-order valence-electron chi connectivity index (χ2n) is 5.04. The maximum atomic E-state index is 12.8. The average molecular weight is 289 g/mol. The van der Waals surface area contributed by atoms with Crippen molar-refractivity contribution in [1.82, 2.24) is 4.98 Å². The van der Waals surface area contributed by atoms with Gasteiger partial charge in [0, 0.05) is 24.6 Å². The molecule has 1 N–H and O–H groups in total. The molecule has 0 aromatic carbocycles. The van der Waals surface area contributed by atoms with Crippen LogP contribution in [0.15, 0.2) is 18.5 Å². The lowest BCUT2D eigenvalue weighted by molar-refractivity contribution is -0.139. The van der Waals surface area contributed by atoms with Gasteiger partial charge in [0.25, 0.3) is 0 Å². The first-order valence-corrected chi connectivity index (χ1v) is 6.79. The van der Waals surface area contributed by atoms with Crippen LogP contribution in [0.3, 0.4) is 0 Å². The van der Waals surface area contributed by atoms with Crippen LogP contribution in [0, 0.1) is 0 Å². The fraction of sp³-hybridized carbons (Fsp3) is 0.643. The number of hydrogen-bond acceptors (Lipinski definition) is 3. The van der Waals surface area contributed by atoms with Gasteiger partial charge in [-0.2, -0.15) is 13.2 Å². The van der Waals surface area contributed by atoms with E-state index in [-0.39, 0.29) is 18.1 Å². The van der Waals surface area contributed by atoms with E-state index in [0.717, 1.165) is 37.7 Å². The second-order valence-corrected chi connectivity index (χ2v) is 5.04. The summed E-state index contributed by atoms with van der Waals surface area (Å²) in [7, 11) is 0. The lowest BCUT2D eigenvalue weighted by Gasteiger charge is -2.24. The minimum atomic E-state index is -4.47. The van der Waals surface area contributed by atoms with Gasteiger partial charge in [-0.1, -0.05) is 0 Å². The molecule has 0 radical (unpaired) electrons. The highest BCUT2D eigenvalue weighted by molar-refractivity contribution is 5.28. The maximum absolute atomic E-state index is 12.8. The van der Waals surface area contributed by atoms with Crippen LogP contribution in [-0.2, 0) is 10.9 Å². The quantitative estimate of drug-likeness (QED) is 0.922. The number of hydrogen-bond donors (Lipinski definition) is 1. The van der Waals surface area contributed by atoms with Gasteiger partial charge in [0.15, 0.2) is 0 Å². The molecular weight excluding hydrogens is 271 g/mol. The van der Waals surface area contributed by atoms with Crippen molar-refractivity contribution in [3.05, 3.63) is 29.6 Å². The zero-order chi connectivity index (χ0) is 14.6. The van der Waals surface area contributed by atoms with Gasteiger partial charge in [0.05, 0.1) is 17.8 Å². The van der Waals surface area contributed by atoms with Crippen LogP contribution in [-0.4, -0.2) is 22.8 Å². The number of ether oxygens (including phenoxy) is 1. The van der Waals surface area contributed by atoms with E-state index in [0.29, 0.717) is 13.0 Å². The molecule has 6 heteroatoms. The van der Waals surface area contributed by atoms with Crippen molar-refractivity contribution in [3.63, 3.8) is 0 Å². The van der Waals surface area contributed by atoms with Crippen LogP contribution in [0.2, 0.25) is 0 Å². The summed E-state index contributed by atoms with van der Waals surface area (Å²) in [5.74, 6) is 0. The highest BCUT2D eigenvalue weighted by Crippen LogP contribution is 2.35. The SMILES string of the molecule is OC(CCC1CCCCO1)c1cnccc1C(F)(F)F. The van der Waals surface area contributed by atoms with Crippen molar-refractivity contribution in [2.45, 2.75) is 50.5 Å². The van der Waals surface area contributed by atoms with Gasteiger partial charge >= 0.3 is 6.18 Å². The van der Waals surface area contributed by atoms with Crippen LogP contribution >= 0.6 is 0 Å². The lowest BCUT2D eigenvalue weighted by atomic mass is 9.97. The largest absolute Gasteiger partial charge is 0.416 e. The Kier molecular flexibility index (Phi) is 4.99. The molecule has 1 aromatic rings. The summed E-state index contributed by atoms with van der Waals surface area (Å²) >= 11 is 0. The van der Waals surface area contributed by atoms with Gasteiger partial charge in [0.1, 0.15) is 0 Å². The molecule has 0 amide bonds. The Bertz CT molecular complexity index is 431. The van der Waals surface area contributed by atoms with Crippen molar-refractivity contribution < 1.29 is 23.0 Å². The summed E-state index contributed by atoms with van der Waals surface area (Å²) in [6.45, 7) is 0.696. The van der Waals surface area contributed by atoms with Crippen molar-refractivity contribution in [2.24, 2.45) is 0 Å². The Hall–Kier alpha value is -1.14. The molecule has 2 unspecified atom stereocenters. The van der Waals surface area contributed by atoms with Crippen molar-refractivity contribution >= 4 is 0 Å². The minimum absolute atomic E-state index is 0.0457. The Balaban J connectivity index is 2.00. The van der Waals surface area contributed by atoms with Gasteiger partial charge in [0.2, 0.25) is 0 Å². The zero-order valence-corrected chi connectivity index (χ0v) is 11.1. The zero-order valence-electron chi connectivity index (χ0n) is 11.1. The first kappa shape index (κ1) is 15.3. The van der Waals surface area contributed by atoms with E-state index in [1.165, 1.54) is 0 Å². The molecule has 3 nitrogen and oxygen atoms in total. The normalized spacial score (nSPS) is 21.7. The molecule has 2 heterocycles. The summed E-state index contributed by atoms with van der Waals surface area (Å²) in [6, 6.07) is 0.898. The number of aliphatic hydroxyl groups is 1. The average Bonchev–Trinajstić information content (AvgIpc) is 2.45. The van der Waals surface area contributed by atoms with E-state index in [1.54, 1.807) is 0 Å². The number of pyridine rings is 1. The van der Waals surface area contributed by atoms with Gasteiger partial charge < -0.3 is 9.84 Å². The maximum Gasteiger partial charge on any atom is 0.416 e. The molecule has 0 bridgehead atoms. The van der Waals surface area contributed by atoms with E-state index in [1.807, 2.05) is 0 Å². The van der Waals surface area contributed by atoms with E-state index >= 15 is 0 Å². The number of nitrogens with zero attached hydrogens (tertiary/aromatic N) is 1. The lowest BCUT2D eigenvalue weighted by Crippen LogP contribution is -2.20. The second kappa shape index (κ2) is 6.54. The Morgan fingerprint density at radius 2 is 2.20 bits per heavy atom. The summed E-state index contributed by atoms with van der Waals surface area (Å²) in [6.07, 6.45) is 0.411. The number of halogens is 3. The Morgan fingerprint density at radius 1 is 1.40 bits per heavy atom. The molecule has 112 valence electrons. The number of aliphatic hydroxyl groups excluding tert-OH is 1. The van der Waals surface area contributed by atoms with E-state index in [4.69, 9.17) is 4.74 Å². The molecule has 0 spiro atoms. The number of alkyl halides is 3. The first-order valence-electron chi connectivity index (χ1n) is 6.79. The van der Waals surface area contributed by atoms with E-state index < -0.39 is 17.8 Å². The molecule has 1 saturated heterocycles. The molecular formula is C14H18F3NO2. The molecule has 20 heavy (non-hydrogen) atoms. The molecule has 1 aliphatic rings. The van der Waals surface area contributed by atoms with Crippen LogP contribution in [0.5, 0.6) is 0 Å². The summed E-state index contributed by atoms with van der Waals surface area (Å²) in [4.78, 5) is 3.68. The monoisotopic (exact) mass is 289 g/mol. The van der Waals surface area contributed by atoms with Gasteiger partial charge in [-0.15, -0.1) is 0 Å². The third-order valence-corrected chi connectivity index (χ3v) is 3.55. The molecule has 2 rings (SSSR count). The fourth-order valence-corrected chi connectivity index (χ4v) is 2.46. The van der Waals surface area contributed by atoms with Crippen LogP contribution < -0.4 is 0 Å². The van der Waals surface area contributed by atoms with Gasteiger partial charge in [-0.05, 0) is 38.2 Å². The predicted molar refractivity (Wildman–Crippen MR) is 67.0 cm³/mol. The summed E-state index contributed by atoms with van der Waals surface area (Å²) in [5, 5.41) is 10.00. The molecule has 0 saturated carbocycles. The Morgan fingerprint density at radius 3 is 2.85 bits per heavy atom. The number of rotatable bonds is 4. The fourth-order valence-electron chi connectivity index (χ4n) is 2.46. The molecule has 1 aliphatic heterocycles. The van der Waals surface area contributed by atoms with E-state index in [9.17, 15) is 18.3 Å². The topological polar surface area (TPSA) is 42.4 Å². The third-order valence-electron chi connectivity index (χ3n) is 3.55. The first-order chi connectivity index (χ1) is 9.48. The highest BCUT2D eigenvalue weighted by Gasteiger charge is 2.35.